The number of carbonyl (C=O) groups is 2. The molecule has 0 spiro atoms. The van der Waals surface area contributed by atoms with Crippen molar-refractivity contribution in [1.82, 2.24) is 10.2 Å². The van der Waals surface area contributed by atoms with Crippen molar-refractivity contribution < 1.29 is 14.3 Å². The number of rotatable bonds is 5. The van der Waals surface area contributed by atoms with Crippen molar-refractivity contribution in [3.05, 3.63) is 30.3 Å². The van der Waals surface area contributed by atoms with Crippen LogP contribution in [0.15, 0.2) is 30.3 Å². The molecule has 0 radical (unpaired) electrons. The van der Waals surface area contributed by atoms with Crippen molar-refractivity contribution in [2.45, 2.75) is 32.5 Å². The van der Waals surface area contributed by atoms with Gasteiger partial charge in [0.1, 0.15) is 0 Å². The molecule has 2 fully saturated rings. The van der Waals surface area contributed by atoms with Crippen LogP contribution < -0.4 is 10.2 Å². The van der Waals surface area contributed by atoms with Crippen LogP contribution in [0.4, 0.5) is 5.69 Å². The molecule has 25 heavy (non-hydrogen) atoms. The van der Waals surface area contributed by atoms with E-state index in [1.54, 1.807) is 4.90 Å². The Hall–Kier alpha value is -1.92. The predicted molar refractivity (Wildman–Crippen MR) is 96.4 cm³/mol. The molecule has 0 aromatic heterocycles. The first-order valence-corrected chi connectivity index (χ1v) is 9.04. The largest absolute Gasteiger partial charge is 0.373 e. The van der Waals surface area contributed by atoms with Crippen LogP contribution in [0.2, 0.25) is 0 Å². The first-order valence-electron chi connectivity index (χ1n) is 9.04. The van der Waals surface area contributed by atoms with Crippen LogP contribution in [-0.2, 0) is 14.3 Å². The van der Waals surface area contributed by atoms with E-state index in [-0.39, 0.29) is 36.4 Å². The van der Waals surface area contributed by atoms with Gasteiger partial charge in [-0.3, -0.25) is 14.5 Å². The van der Waals surface area contributed by atoms with E-state index < -0.39 is 0 Å². The average molecular weight is 345 g/mol. The Balaban J connectivity index is 1.45. The Bertz CT molecular complexity index is 597. The second-order valence-electron chi connectivity index (χ2n) is 7.05. The van der Waals surface area contributed by atoms with E-state index >= 15 is 0 Å². The lowest BCUT2D eigenvalue weighted by molar-refractivity contribution is -0.126. The molecular formula is C19H27N3O3. The van der Waals surface area contributed by atoms with Crippen LogP contribution in [0.3, 0.4) is 0 Å². The summed E-state index contributed by atoms with van der Waals surface area (Å²) < 4.78 is 5.72. The molecule has 0 bridgehead atoms. The van der Waals surface area contributed by atoms with Gasteiger partial charge in [0.15, 0.2) is 0 Å². The van der Waals surface area contributed by atoms with Crippen molar-refractivity contribution in [1.29, 1.82) is 0 Å². The van der Waals surface area contributed by atoms with Gasteiger partial charge in [-0.05, 0) is 26.0 Å². The summed E-state index contributed by atoms with van der Waals surface area (Å²) in [6.07, 6.45) is 0.740. The van der Waals surface area contributed by atoms with E-state index in [2.05, 4.69) is 24.1 Å². The molecule has 6 heteroatoms. The minimum Gasteiger partial charge on any atom is -0.373 e. The maximum Gasteiger partial charge on any atom is 0.227 e. The number of benzene rings is 1. The van der Waals surface area contributed by atoms with Crippen molar-refractivity contribution >= 4 is 17.5 Å². The molecule has 2 amide bonds. The third-order valence-corrected chi connectivity index (χ3v) is 4.79. The third-order valence-electron chi connectivity index (χ3n) is 4.79. The van der Waals surface area contributed by atoms with Gasteiger partial charge in [-0.15, -0.1) is 0 Å². The van der Waals surface area contributed by atoms with Crippen LogP contribution in [0, 0.1) is 5.92 Å². The van der Waals surface area contributed by atoms with E-state index in [1.807, 2.05) is 30.3 Å². The normalized spacial score (nSPS) is 27.5. The summed E-state index contributed by atoms with van der Waals surface area (Å²) in [6.45, 7) is 7.81. The van der Waals surface area contributed by atoms with Crippen molar-refractivity contribution in [3.8, 4) is 0 Å². The number of amides is 2. The molecule has 1 aromatic carbocycles. The van der Waals surface area contributed by atoms with E-state index in [1.165, 1.54) is 0 Å². The minimum atomic E-state index is -0.268. The molecular weight excluding hydrogens is 318 g/mol. The molecule has 2 heterocycles. The van der Waals surface area contributed by atoms with Gasteiger partial charge in [0.2, 0.25) is 11.8 Å². The number of nitrogens with zero attached hydrogens (tertiary/aromatic N) is 2. The lowest BCUT2D eigenvalue weighted by Crippen LogP contribution is -2.48. The lowest BCUT2D eigenvalue weighted by Gasteiger charge is -2.35. The fourth-order valence-electron chi connectivity index (χ4n) is 3.69. The Morgan fingerprint density at radius 1 is 1.16 bits per heavy atom. The summed E-state index contributed by atoms with van der Waals surface area (Å²) >= 11 is 0. The smallest absolute Gasteiger partial charge is 0.227 e. The lowest BCUT2D eigenvalue weighted by atomic mass is 10.1. The van der Waals surface area contributed by atoms with E-state index in [0.29, 0.717) is 13.1 Å². The van der Waals surface area contributed by atoms with Gasteiger partial charge >= 0.3 is 0 Å². The zero-order valence-electron chi connectivity index (χ0n) is 15.0. The number of nitrogens with one attached hydrogen (secondary N) is 1. The topological polar surface area (TPSA) is 61.9 Å². The molecule has 1 N–H and O–H groups in total. The van der Waals surface area contributed by atoms with Crippen LogP contribution in [0.25, 0.3) is 0 Å². The molecule has 0 saturated carbocycles. The second kappa shape index (κ2) is 7.97. The number of carbonyl (C=O) groups excluding carboxylic acids is 2. The highest BCUT2D eigenvalue weighted by molar-refractivity contribution is 6.00. The average Bonchev–Trinajstić information content (AvgIpc) is 2.97. The number of ether oxygens (including phenoxy) is 1. The summed E-state index contributed by atoms with van der Waals surface area (Å²) in [5.74, 6) is -0.279. The van der Waals surface area contributed by atoms with E-state index in [9.17, 15) is 9.59 Å². The molecule has 0 aliphatic carbocycles. The molecule has 6 nitrogen and oxygen atoms in total. The summed E-state index contributed by atoms with van der Waals surface area (Å²) in [7, 11) is 0. The van der Waals surface area contributed by atoms with Crippen LogP contribution in [0.1, 0.15) is 20.3 Å². The maximum atomic E-state index is 12.4. The van der Waals surface area contributed by atoms with Crippen molar-refractivity contribution in [2.24, 2.45) is 5.92 Å². The molecule has 2 aliphatic heterocycles. The molecule has 2 saturated heterocycles. The minimum absolute atomic E-state index is 0.0159. The highest BCUT2D eigenvalue weighted by atomic mass is 16.5. The SMILES string of the molecule is CC1CN(CCNC(=O)C2CC(=O)N(c3ccccc3)C2)CC(C)O1. The highest BCUT2D eigenvalue weighted by Gasteiger charge is 2.35. The molecule has 3 rings (SSSR count). The Kier molecular flexibility index (Phi) is 5.71. The van der Waals surface area contributed by atoms with Gasteiger partial charge in [0.05, 0.1) is 18.1 Å². The summed E-state index contributed by atoms with van der Waals surface area (Å²) in [6, 6.07) is 9.53. The first-order chi connectivity index (χ1) is 12.0. The van der Waals surface area contributed by atoms with Crippen molar-refractivity contribution in [2.75, 3.05) is 37.6 Å². The number of morpholine rings is 1. The number of hydrogen-bond donors (Lipinski definition) is 1. The van der Waals surface area contributed by atoms with Crippen LogP contribution in [0.5, 0.6) is 0 Å². The third kappa shape index (κ3) is 4.58. The van der Waals surface area contributed by atoms with Crippen molar-refractivity contribution in [3.63, 3.8) is 0 Å². The van der Waals surface area contributed by atoms with Crippen LogP contribution in [-0.4, -0.2) is 61.6 Å². The molecule has 136 valence electrons. The highest BCUT2D eigenvalue weighted by Crippen LogP contribution is 2.24. The Morgan fingerprint density at radius 3 is 2.52 bits per heavy atom. The molecule has 2 aliphatic rings. The molecule has 3 atom stereocenters. The van der Waals surface area contributed by atoms with Gasteiger partial charge in [-0.25, -0.2) is 0 Å². The second-order valence-corrected chi connectivity index (χ2v) is 7.05. The van der Waals surface area contributed by atoms with Gasteiger partial charge < -0.3 is 15.0 Å². The zero-order valence-corrected chi connectivity index (χ0v) is 15.0. The number of para-hydroxylation sites is 1. The number of hydrogen-bond acceptors (Lipinski definition) is 4. The zero-order chi connectivity index (χ0) is 17.8. The molecule has 1 aromatic rings. The van der Waals surface area contributed by atoms with Gasteiger partial charge in [-0.2, -0.15) is 0 Å². The summed E-state index contributed by atoms with van der Waals surface area (Å²) in [5, 5.41) is 2.99. The summed E-state index contributed by atoms with van der Waals surface area (Å²) in [4.78, 5) is 28.6. The Labute approximate surface area is 149 Å². The standard InChI is InChI=1S/C19H27N3O3/c1-14-11-21(12-15(2)25-14)9-8-20-19(24)16-10-18(23)22(13-16)17-6-4-3-5-7-17/h3-7,14-16H,8-13H2,1-2H3,(H,20,24). The van der Waals surface area contributed by atoms with Crippen LogP contribution >= 0.6 is 0 Å². The van der Waals surface area contributed by atoms with Gasteiger partial charge in [0, 0.05) is 44.8 Å². The quantitative estimate of drug-likeness (QED) is 0.873. The number of anilines is 1. The fraction of sp³-hybridized carbons (Fsp3) is 0.579. The monoisotopic (exact) mass is 345 g/mol. The Morgan fingerprint density at radius 2 is 1.84 bits per heavy atom. The fourth-order valence-corrected chi connectivity index (χ4v) is 3.69. The van der Waals surface area contributed by atoms with E-state index in [4.69, 9.17) is 4.74 Å². The van der Waals surface area contributed by atoms with Gasteiger partial charge in [-0.1, -0.05) is 18.2 Å². The molecule has 3 unspecified atom stereocenters. The maximum absolute atomic E-state index is 12.4. The first kappa shape index (κ1) is 17.9. The van der Waals surface area contributed by atoms with Gasteiger partial charge in [0.25, 0.3) is 0 Å². The predicted octanol–water partition coefficient (Wildman–Crippen LogP) is 1.26. The summed E-state index contributed by atoms with van der Waals surface area (Å²) in [5.41, 5.74) is 0.860. The van der Waals surface area contributed by atoms with E-state index in [0.717, 1.165) is 25.3 Å².